The van der Waals surface area contributed by atoms with Crippen LogP contribution in [0.1, 0.15) is 18.4 Å². The van der Waals surface area contributed by atoms with Crippen LogP contribution in [0.15, 0.2) is 42.5 Å². The van der Waals surface area contributed by atoms with Crippen LogP contribution in [-0.2, 0) is 20.8 Å². The Morgan fingerprint density at radius 3 is 2.00 bits per heavy atom. The second kappa shape index (κ2) is 16.2. The van der Waals surface area contributed by atoms with Crippen molar-refractivity contribution in [1.82, 2.24) is 10.2 Å². The summed E-state index contributed by atoms with van der Waals surface area (Å²) in [4.78, 5) is 40.4. The lowest BCUT2D eigenvalue weighted by Gasteiger charge is -2.24. The predicted molar refractivity (Wildman–Crippen MR) is 149 cm³/mol. The molecule has 2 unspecified atom stereocenters. The summed E-state index contributed by atoms with van der Waals surface area (Å²) in [7, 11) is 4.42. The molecule has 0 radical (unpaired) electrons. The first-order chi connectivity index (χ1) is 18.8. The van der Waals surface area contributed by atoms with E-state index in [0.717, 1.165) is 5.56 Å². The van der Waals surface area contributed by atoms with Crippen molar-refractivity contribution in [3.8, 4) is 17.2 Å². The number of hydrogen-bond donors (Lipinski definition) is 5. The lowest BCUT2D eigenvalue weighted by Crippen LogP contribution is -2.52. The average Bonchev–Trinajstić information content (AvgIpc) is 2.94. The Balaban J connectivity index is 2.20. The van der Waals surface area contributed by atoms with Crippen LogP contribution in [0, 0.1) is 0 Å². The first-order valence-corrected chi connectivity index (χ1v) is 12.7. The molecule has 2 aromatic rings. The van der Waals surface area contributed by atoms with Crippen molar-refractivity contribution in [2.45, 2.75) is 31.3 Å². The smallest absolute Gasteiger partial charge is 0.246 e. The molecule has 3 amide bonds. The molecule has 0 aliphatic rings. The molecule has 0 bridgehead atoms. The largest absolute Gasteiger partial charge is 0.493 e. The standard InChI is InChI=1S/C27H40N6O6/c1-37-22-15-19(16-23(38-2)25(22)39-3)31-27(36)21(10-9-18-7-5-4-6-8-18)32-26(35)20(30)17-24(34)33(13-11-28)14-12-29/h4-8,15-16,20-21H,9-14,17,28-30H2,1-3H3,(H,31,36)(H,32,35). The summed E-state index contributed by atoms with van der Waals surface area (Å²) in [6.07, 6.45) is 0.564. The highest BCUT2D eigenvalue weighted by Gasteiger charge is 2.27. The SMILES string of the molecule is COc1cc(NC(=O)C(CCc2ccccc2)NC(=O)C(N)CC(=O)N(CCN)CCN)cc(OC)c1OC. The summed E-state index contributed by atoms with van der Waals surface area (Å²) in [6, 6.07) is 10.6. The molecule has 39 heavy (non-hydrogen) atoms. The van der Waals surface area contributed by atoms with Crippen LogP contribution in [0.4, 0.5) is 5.69 Å². The van der Waals surface area contributed by atoms with Crippen LogP contribution >= 0.6 is 0 Å². The van der Waals surface area contributed by atoms with Gasteiger partial charge in [-0.2, -0.15) is 0 Å². The fourth-order valence-corrected chi connectivity index (χ4v) is 3.97. The van der Waals surface area contributed by atoms with E-state index in [1.54, 1.807) is 12.1 Å². The summed E-state index contributed by atoms with van der Waals surface area (Å²) in [5.74, 6) is -0.340. The maximum Gasteiger partial charge on any atom is 0.246 e. The molecule has 2 aromatic carbocycles. The molecule has 0 aliphatic carbocycles. The van der Waals surface area contributed by atoms with Crippen molar-refractivity contribution in [3.05, 3.63) is 48.0 Å². The second-order valence-corrected chi connectivity index (χ2v) is 8.76. The van der Waals surface area contributed by atoms with E-state index < -0.39 is 23.9 Å². The van der Waals surface area contributed by atoms with E-state index in [0.29, 0.717) is 48.9 Å². The lowest BCUT2D eigenvalue weighted by molar-refractivity contribution is -0.134. The zero-order valence-electron chi connectivity index (χ0n) is 22.8. The molecule has 214 valence electrons. The Morgan fingerprint density at radius 1 is 0.897 bits per heavy atom. The molecular weight excluding hydrogens is 504 g/mol. The van der Waals surface area contributed by atoms with E-state index in [4.69, 9.17) is 31.4 Å². The minimum absolute atomic E-state index is 0.244. The molecule has 2 atom stereocenters. The number of rotatable bonds is 16. The third-order valence-corrected chi connectivity index (χ3v) is 6.01. The molecule has 0 saturated heterocycles. The molecule has 8 N–H and O–H groups in total. The summed E-state index contributed by atoms with van der Waals surface area (Å²) in [5.41, 5.74) is 18.6. The lowest BCUT2D eigenvalue weighted by atomic mass is 10.0. The van der Waals surface area contributed by atoms with Gasteiger partial charge in [0, 0.05) is 44.0 Å². The van der Waals surface area contributed by atoms with Crippen molar-refractivity contribution in [3.63, 3.8) is 0 Å². The Morgan fingerprint density at radius 2 is 1.49 bits per heavy atom. The Kier molecular flexibility index (Phi) is 13.0. The van der Waals surface area contributed by atoms with Gasteiger partial charge in [0.1, 0.15) is 6.04 Å². The number of hydrogen-bond acceptors (Lipinski definition) is 9. The van der Waals surface area contributed by atoms with Crippen LogP contribution in [0.5, 0.6) is 17.2 Å². The first kappa shape index (κ1) is 31.3. The van der Waals surface area contributed by atoms with E-state index in [2.05, 4.69) is 10.6 Å². The van der Waals surface area contributed by atoms with Crippen LogP contribution in [0.2, 0.25) is 0 Å². The van der Waals surface area contributed by atoms with Crippen LogP contribution < -0.4 is 42.0 Å². The molecule has 0 saturated carbocycles. The summed E-state index contributed by atoms with van der Waals surface area (Å²) in [6.45, 7) is 1.13. The normalized spacial score (nSPS) is 12.2. The molecule has 2 rings (SSSR count). The van der Waals surface area contributed by atoms with Crippen molar-refractivity contribution in [2.24, 2.45) is 17.2 Å². The van der Waals surface area contributed by atoms with E-state index in [-0.39, 0.29) is 25.4 Å². The Bertz CT molecular complexity index is 1050. The molecule has 12 heteroatoms. The number of carbonyl (C=O) groups is 3. The highest BCUT2D eigenvalue weighted by molar-refractivity contribution is 5.99. The Labute approximate surface area is 229 Å². The van der Waals surface area contributed by atoms with Gasteiger partial charge in [-0.15, -0.1) is 0 Å². The van der Waals surface area contributed by atoms with Gasteiger partial charge in [0.05, 0.1) is 33.8 Å². The van der Waals surface area contributed by atoms with Gasteiger partial charge in [0.15, 0.2) is 11.5 Å². The number of aryl methyl sites for hydroxylation is 1. The number of ether oxygens (including phenoxy) is 3. The van der Waals surface area contributed by atoms with Gasteiger partial charge < -0.3 is 46.9 Å². The molecule has 12 nitrogen and oxygen atoms in total. The van der Waals surface area contributed by atoms with Gasteiger partial charge in [-0.25, -0.2) is 0 Å². The predicted octanol–water partition coefficient (Wildman–Crippen LogP) is 0.232. The maximum atomic E-state index is 13.4. The van der Waals surface area contributed by atoms with Crippen molar-refractivity contribution < 1.29 is 28.6 Å². The monoisotopic (exact) mass is 544 g/mol. The number of nitrogens with zero attached hydrogens (tertiary/aromatic N) is 1. The maximum absolute atomic E-state index is 13.4. The van der Waals surface area contributed by atoms with Crippen LogP contribution in [-0.4, -0.2) is 82.2 Å². The molecule has 0 heterocycles. The third-order valence-electron chi connectivity index (χ3n) is 6.01. The van der Waals surface area contributed by atoms with Gasteiger partial charge >= 0.3 is 0 Å². The van der Waals surface area contributed by atoms with Gasteiger partial charge in [-0.3, -0.25) is 14.4 Å². The van der Waals surface area contributed by atoms with Crippen LogP contribution in [0.25, 0.3) is 0 Å². The van der Waals surface area contributed by atoms with E-state index in [1.807, 2.05) is 30.3 Å². The number of carbonyl (C=O) groups excluding carboxylic acids is 3. The van der Waals surface area contributed by atoms with Gasteiger partial charge in [0.2, 0.25) is 23.5 Å². The third kappa shape index (κ3) is 9.43. The number of nitrogens with two attached hydrogens (primary N) is 3. The number of anilines is 1. The summed E-state index contributed by atoms with van der Waals surface area (Å²) < 4.78 is 16.1. The van der Waals surface area contributed by atoms with Crippen LogP contribution in [0.3, 0.4) is 0 Å². The van der Waals surface area contributed by atoms with Crippen molar-refractivity contribution in [2.75, 3.05) is 52.8 Å². The molecular formula is C27H40N6O6. The topological polar surface area (TPSA) is 184 Å². The fourth-order valence-electron chi connectivity index (χ4n) is 3.97. The van der Waals surface area contributed by atoms with Gasteiger partial charge in [0.25, 0.3) is 0 Å². The number of benzene rings is 2. The highest BCUT2D eigenvalue weighted by atomic mass is 16.5. The zero-order chi connectivity index (χ0) is 28.8. The number of methoxy groups -OCH3 is 3. The van der Waals surface area contributed by atoms with Crippen molar-refractivity contribution >= 4 is 23.4 Å². The summed E-state index contributed by atoms with van der Waals surface area (Å²) >= 11 is 0. The summed E-state index contributed by atoms with van der Waals surface area (Å²) in [5, 5.41) is 5.51. The zero-order valence-corrected chi connectivity index (χ0v) is 22.8. The molecule has 0 fully saturated rings. The first-order valence-electron chi connectivity index (χ1n) is 12.7. The molecule has 0 spiro atoms. The average molecular weight is 545 g/mol. The fraction of sp³-hybridized carbons (Fsp3) is 0.444. The van der Waals surface area contributed by atoms with Crippen molar-refractivity contribution in [1.29, 1.82) is 0 Å². The minimum atomic E-state index is -1.16. The Hall–Kier alpha value is -3.87. The molecule has 0 aliphatic heterocycles. The van der Waals surface area contributed by atoms with E-state index in [1.165, 1.54) is 26.2 Å². The second-order valence-electron chi connectivity index (χ2n) is 8.76. The highest BCUT2D eigenvalue weighted by Crippen LogP contribution is 2.40. The van der Waals surface area contributed by atoms with Gasteiger partial charge in [-0.05, 0) is 18.4 Å². The van der Waals surface area contributed by atoms with E-state index >= 15 is 0 Å². The number of amides is 3. The quantitative estimate of drug-likeness (QED) is 0.197. The minimum Gasteiger partial charge on any atom is -0.493 e. The van der Waals surface area contributed by atoms with E-state index in [9.17, 15) is 14.4 Å². The molecule has 0 aromatic heterocycles. The van der Waals surface area contributed by atoms with Gasteiger partial charge in [-0.1, -0.05) is 30.3 Å². The number of nitrogens with one attached hydrogen (secondary N) is 2.